The lowest BCUT2D eigenvalue weighted by molar-refractivity contribution is 0.102. The molecule has 1 heterocycles. The number of carbonyl (C=O) groups excluding carboxylic acids is 1. The Labute approximate surface area is 154 Å². The fourth-order valence-corrected chi connectivity index (χ4v) is 2.61. The molecule has 0 atom stereocenters. The van der Waals surface area contributed by atoms with E-state index in [1.54, 1.807) is 12.1 Å². The van der Waals surface area contributed by atoms with Crippen molar-refractivity contribution in [3.63, 3.8) is 0 Å². The Morgan fingerprint density at radius 3 is 2.52 bits per heavy atom. The molecule has 126 valence electrons. The minimum Gasteiger partial charge on any atom is -0.365 e. The summed E-state index contributed by atoms with van der Waals surface area (Å²) in [6, 6.07) is 19.0. The van der Waals surface area contributed by atoms with E-state index in [-0.39, 0.29) is 11.6 Å². The van der Waals surface area contributed by atoms with Gasteiger partial charge in [-0.1, -0.05) is 51.8 Å². The standard InChI is InChI=1S/C19H17BrN4O/c1-13-5-7-14(8-6-13)12-21-18-10-9-17(23-24-18)19(25)22-16-4-2-3-15(20)11-16/h2-11H,12H2,1H3,(H,21,24)(H,22,25). The van der Waals surface area contributed by atoms with Crippen LogP contribution in [0.1, 0.15) is 21.6 Å². The fourth-order valence-electron chi connectivity index (χ4n) is 2.21. The molecule has 0 bridgehead atoms. The minimum atomic E-state index is -0.296. The van der Waals surface area contributed by atoms with Crippen molar-refractivity contribution in [1.29, 1.82) is 0 Å². The summed E-state index contributed by atoms with van der Waals surface area (Å²) >= 11 is 3.37. The van der Waals surface area contributed by atoms with Crippen LogP contribution >= 0.6 is 15.9 Å². The summed E-state index contributed by atoms with van der Waals surface area (Å²) in [5.74, 6) is 0.329. The summed E-state index contributed by atoms with van der Waals surface area (Å²) in [5.41, 5.74) is 3.34. The zero-order valence-electron chi connectivity index (χ0n) is 13.7. The van der Waals surface area contributed by atoms with Crippen molar-refractivity contribution in [2.75, 3.05) is 10.6 Å². The summed E-state index contributed by atoms with van der Waals surface area (Å²) in [7, 11) is 0. The van der Waals surface area contributed by atoms with Crippen LogP contribution < -0.4 is 10.6 Å². The lowest BCUT2D eigenvalue weighted by Crippen LogP contribution is -2.14. The van der Waals surface area contributed by atoms with Crippen LogP contribution in [0.25, 0.3) is 0 Å². The molecular weight excluding hydrogens is 380 g/mol. The Kier molecular flexibility index (Phi) is 5.40. The maximum atomic E-state index is 12.2. The molecule has 2 aromatic carbocycles. The number of halogens is 1. The molecule has 0 unspecified atom stereocenters. The molecular formula is C19H17BrN4O. The first-order chi connectivity index (χ1) is 12.1. The van der Waals surface area contributed by atoms with Crippen molar-refractivity contribution in [2.24, 2.45) is 0 Å². The van der Waals surface area contributed by atoms with Crippen LogP contribution in [0.4, 0.5) is 11.5 Å². The fraction of sp³-hybridized carbons (Fsp3) is 0.105. The van der Waals surface area contributed by atoms with E-state index in [0.717, 1.165) is 10.0 Å². The van der Waals surface area contributed by atoms with E-state index >= 15 is 0 Å². The molecule has 1 amide bonds. The van der Waals surface area contributed by atoms with E-state index in [1.807, 2.05) is 24.3 Å². The predicted octanol–water partition coefficient (Wildman–Crippen LogP) is 4.41. The minimum absolute atomic E-state index is 0.265. The molecule has 25 heavy (non-hydrogen) atoms. The van der Waals surface area contributed by atoms with Crippen LogP contribution in [0.5, 0.6) is 0 Å². The normalized spacial score (nSPS) is 10.3. The van der Waals surface area contributed by atoms with Gasteiger partial charge in [0.15, 0.2) is 5.69 Å². The van der Waals surface area contributed by atoms with Gasteiger partial charge in [-0.25, -0.2) is 0 Å². The third-order valence-corrected chi connectivity index (χ3v) is 4.07. The highest BCUT2D eigenvalue weighted by molar-refractivity contribution is 9.10. The maximum absolute atomic E-state index is 12.2. The molecule has 0 saturated carbocycles. The largest absolute Gasteiger partial charge is 0.365 e. The average molecular weight is 397 g/mol. The average Bonchev–Trinajstić information content (AvgIpc) is 2.62. The second-order valence-corrected chi connectivity index (χ2v) is 6.52. The van der Waals surface area contributed by atoms with Gasteiger partial charge in [0.25, 0.3) is 5.91 Å². The Balaban J connectivity index is 1.59. The number of carbonyl (C=O) groups is 1. The van der Waals surface area contributed by atoms with Gasteiger partial charge in [-0.15, -0.1) is 10.2 Å². The first-order valence-electron chi connectivity index (χ1n) is 7.80. The van der Waals surface area contributed by atoms with E-state index in [9.17, 15) is 4.79 Å². The first-order valence-corrected chi connectivity index (χ1v) is 8.59. The van der Waals surface area contributed by atoms with Gasteiger partial charge in [-0.05, 0) is 42.8 Å². The molecule has 0 saturated heterocycles. The van der Waals surface area contributed by atoms with Crippen LogP contribution in [0, 0.1) is 6.92 Å². The summed E-state index contributed by atoms with van der Waals surface area (Å²) in [4.78, 5) is 12.2. The maximum Gasteiger partial charge on any atom is 0.276 e. The second kappa shape index (κ2) is 7.90. The van der Waals surface area contributed by atoms with Crippen molar-refractivity contribution in [3.05, 3.63) is 82.0 Å². The number of aryl methyl sites for hydroxylation is 1. The highest BCUT2D eigenvalue weighted by Gasteiger charge is 2.09. The molecule has 2 N–H and O–H groups in total. The molecule has 5 nitrogen and oxygen atoms in total. The number of nitrogens with one attached hydrogen (secondary N) is 2. The number of anilines is 2. The predicted molar refractivity (Wildman–Crippen MR) is 103 cm³/mol. The van der Waals surface area contributed by atoms with E-state index in [0.29, 0.717) is 18.1 Å². The lowest BCUT2D eigenvalue weighted by atomic mass is 10.1. The number of rotatable bonds is 5. The van der Waals surface area contributed by atoms with E-state index in [4.69, 9.17) is 0 Å². The molecule has 3 aromatic rings. The Morgan fingerprint density at radius 2 is 1.84 bits per heavy atom. The molecule has 1 aromatic heterocycles. The number of aromatic nitrogens is 2. The zero-order valence-corrected chi connectivity index (χ0v) is 15.2. The Hall–Kier alpha value is -2.73. The number of amides is 1. The van der Waals surface area contributed by atoms with Crippen LogP contribution in [-0.2, 0) is 6.54 Å². The topological polar surface area (TPSA) is 66.9 Å². The lowest BCUT2D eigenvalue weighted by Gasteiger charge is -2.07. The Bertz CT molecular complexity index is 863. The van der Waals surface area contributed by atoms with E-state index in [1.165, 1.54) is 5.56 Å². The molecule has 0 radical (unpaired) electrons. The highest BCUT2D eigenvalue weighted by atomic mass is 79.9. The molecule has 6 heteroatoms. The third kappa shape index (κ3) is 4.87. The van der Waals surface area contributed by atoms with Gasteiger partial charge in [0.05, 0.1) is 0 Å². The van der Waals surface area contributed by atoms with E-state index < -0.39 is 0 Å². The first kappa shape index (κ1) is 17.1. The van der Waals surface area contributed by atoms with Crippen molar-refractivity contribution in [1.82, 2.24) is 10.2 Å². The molecule has 0 spiro atoms. The van der Waals surface area contributed by atoms with Crippen molar-refractivity contribution >= 4 is 33.3 Å². The molecule has 3 rings (SSSR count). The van der Waals surface area contributed by atoms with Gasteiger partial charge in [0.1, 0.15) is 5.82 Å². The van der Waals surface area contributed by atoms with Gasteiger partial charge in [-0.3, -0.25) is 4.79 Å². The van der Waals surface area contributed by atoms with Crippen LogP contribution in [0.3, 0.4) is 0 Å². The van der Waals surface area contributed by atoms with Crippen molar-refractivity contribution in [2.45, 2.75) is 13.5 Å². The van der Waals surface area contributed by atoms with Crippen molar-refractivity contribution in [3.8, 4) is 0 Å². The van der Waals surface area contributed by atoms with Crippen LogP contribution in [0.15, 0.2) is 65.1 Å². The van der Waals surface area contributed by atoms with Gasteiger partial charge in [0.2, 0.25) is 0 Å². The van der Waals surface area contributed by atoms with Gasteiger partial charge in [-0.2, -0.15) is 0 Å². The van der Waals surface area contributed by atoms with Crippen LogP contribution in [-0.4, -0.2) is 16.1 Å². The number of hydrogen-bond acceptors (Lipinski definition) is 4. The van der Waals surface area contributed by atoms with E-state index in [2.05, 4.69) is 68.0 Å². The summed E-state index contributed by atoms with van der Waals surface area (Å²) < 4.78 is 0.895. The molecule has 0 aliphatic carbocycles. The number of nitrogens with zero attached hydrogens (tertiary/aromatic N) is 2. The summed E-state index contributed by atoms with van der Waals surface area (Å²) in [5, 5.41) is 14.0. The Morgan fingerprint density at radius 1 is 1.04 bits per heavy atom. The van der Waals surface area contributed by atoms with Gasteiger partial charge >= 0.3 is 0 Å². The smallest absolute Gasteiger partial charge is 0.276 e. The second-order valence-electron chi connectivity index (χ2n) is 5.61. The highest BCUT2D eigenvalue weighted by Crippen LogP contribution is 2.16. The number of hydrogen-bond donors (Lipinski definition) is 2. The third-order valence-electron chi connectivity index (χ3n) is 3.57. The molecule has 0 aliphatic heterocycles. The monoisotopic (exact) mass is 396 g/mol. The van der Waals surface area contributed by atoms with Crippen LogP contribution in [0.2, 0.25) is 0 Å². The summed E-state index contributed by atoms with van der Waals surface area (Å²) in [6.07, 6.45) is 0. The van der Waals surface area contributed by atoms with Gasteiger partial charge in [0, 0.05) is 16.7 Å². The summed E-state index contributed by atoms with van der Waals surface area (Å²) in [6.45, 7) is 2.71. The van der Waals surface area contributed by atoms with Crippen molar-refractivity contribution < 1.29 is 4.79 Å². The SMILES string of the molecule is Cc1ccc(CNc2ccc(C(=O)Nc3cccc(Br)c3)nn2)cc1. The quantitative estimate of drug-likeness (QED) is 0.669. The zero-order chi connectivity index (χ0) is 17.6. The molecule has 0 aliphatic rings. The van der Waals surface area contributed by atoms with Gasteiger partial charge < -0.3 is 10.6 Å². The number of benzene rings is 2. The molecule has 0 fully saturated rings.